The summed E-state index contributed by atoms with van der Waals surface area (Å²) in [6.07, 6.45) is 1.65. The molecule has 0 amide bonds. The molecular formula is C15H29NO5. The van der Waals surface area contributed by atoms with E-state index in [1.807, 2.05) is 28.1 Å². The Morgan fingerprint density at radius 2 is 1.86 bits per heavy atom. The third-order valence-electron chi connectivity index (χ3n) is 3.11. The highest BCUT2D eigenvalue weighted by Gasteiger charge is 2.26. The molecule has 0 heterocycles. The predicted molar refractivity (Wildman–Crippen MR) is 77.1 cm³/mol. The van der Waals surface area contributed by atoms with Gasteiger partial charge in [-0.3, -0.25) is 4.79 Å². The lowest BCUT2D eigenvalue weighted by Crippen LogP contribution is -2.45. The SMILES string of the molecule is CCCC(CCCO)C(=O)OC(CC(=O)[O-])C[N+](C)(C)C. The van der Waals surface area contributed by atoms with E-state index in [0.29, 0.717) is 30.3 Å². The van der Waals surface area contributed by atoms with Crippen LogP contribution in [-0.4, -0.2) is 61.9 Å². The van der Waals surface area contributed by atoms with Crippen LogP contribution >= 0.6 is 0 Å². The van der Waals surface area contributed by atoms with Crippen LogP contribution < -0.4 is 5.11 Å². The lowest BCUT2D eigenvalue weighted by Gasteiger charge is -2.30. The van der Waals surface area contributed by atoms with Crippen molar-refractivity contribution in [3.8, 4) is 0 Å². The summed E-state index contributed by atoms with van der Waals surface area (Å²) in [5.74, 6) is -1.87. The second kappa shape index (κ2) is 9.73. The molecular weight excluding hydrogens is 274 g/mol. The minimum Gasteiger partial charge on any atom is -0.550 e. The molecule has 21 heavy (non-hydrogen) atoms. The number of aliphatic hydroxyl groups excluding tert-OH is 1. The van der Waals surface area contributed by atoms with Gasteiger partial charge in [0.25, 0.3) is 0 Å². The Kier molecular flexibility index (Phi) is 9.21. The van der Waals surface area contributed by atoms with Crippen LogP contribution in [0.15, 0.2) is 0 Å². The number of esters is 1. The maximum Gasteiger partial charge on any atom is 0.309 e. The first-order chi connectivity index (χ1) is 9.69. The second-order valence-corrected chi connectivity index (χ2v) is 6.46. The number of carbonyl (C=O) groups excluding carboxylic acids is 2. The van der Waals surface area contributed by atoms with Gasteiger partial charge in [0.05, 0.1) is 27.1 Å². The number of quaternary nitrogens is 1. The zero-order valence-corrected chi connectivity index (χ0v) is 13.6. The van der Waals surface area contributed by atoms with E-state index in [2.05, 4.69) is 0 Å². The molecule has 0 aliphatic carbocycles. The van der Waals surface area contributed by atoms with Gasteiger partial charge in [-0.15, -0.1) is 0 Å². The maximum absolute atomic E-state index is 12.2. The lowest BCUT2D eigenvalue weighted by atomic mass is 9.98. The monoisotopic (exact) mass is 303 g/mol. The first kappa shape index (κ1) is 19.9. The number of nitrogens with zero attached hydrogens (tertiary/aromatic N) is 1. The summed E-state index contributed by atoms with van der Waals surface area (Å²) in [7, 11) is 5.72. The van der Waals surface area contributed by atoms with Crippen molar-refractivity contribution in [1.82, 2.24) is 0 Å². The van der Waals surface area contributed by atoms with Crippen LogP contribution in [0.25, 0.3) is 0 Å². The molecule has 0 saturated carbocycles. The number of rotatable bonds is 11. The van der Waals surface area contributed by atoms with Gasteiger partial charge in [-0.25, -0.2) is 0 Å². The second-order valence-electron chi connectivity index (χ2n) is 6.46. The molecule has 0 aromatic rings. The normalized spacial score (nSPS) is 14.5. The van der Waals surface area contributed by atoms with Crippen molar-refractivity contribution >= 4 is 11.9 Å². The minimum absolute atomic E-state index is 0.0366. The number of aliphatic carboxylic acids is 1. The summed E-state index contributed by atoms with van der Waals surface area (Å²) in [4.78, 5) is 23.0. The van der Waals surface area contributed by atoms with Gasteiger partial charge < -0.3 is 24.2 Å². The van der Waals surface area contributed by atoms with Gasteiger partial charge in [0, 0.05) is 19.0 Å². The molecule has 6 heteroatoms. The molecule has 0 aliphatic rings. The number of hydrogen-bond acceptors (Lipinski definition) is 5. The molecule has 0 aliphatic heterocycles. The molecule has 124 valence electrons. The third-order valence-corrected chi connectivity index (χ3v) is 3.11. The lowest BCUT2D eigenvalue weighted by molar-refractivity contribution is -0.873. The molecule has 0 fully saturated rings. The maximum atomic E-state index is 12.2. The highest BCUT2D eigenvalue weighted by molar-refractivity contribution is 5.73. The van der Waals surface area contributed by atoms with E-state index in [-0.39, 0.29) is 24.9 Å². The van der Waals surface area contributed by atoms with Gasteiger partial charge >= 0.3 is 5.97 Å². The molecule has 0 bridgehead atoms. The first-order valence-electron chi connectivity index (χ1n) is 7.51. The summed E-state index contributed by atoms with van der Waals surface area (Å²) in [5, 5.41) is 19.7. The van der Waals surface area contributed by atoms with Gasteiger partial charge in [-0.05, 0) is 19.3 Å². The first-order valence-corrected chi connectivity index (χ1v) is 7.51. The molecule has 1 N–H and O–H groups in total. The fraction of sp³-hybridized carbons (Fsp3) is 0.867. The van der Waals surface area contributed by atoms with E-state index in [1.165, 1.54) is 0 Å². The predicted octanol–water partition coefficient (Wildman–Crippen LogP) is -0.0668. The van der Waals surface area contributed by atoms with E-state index in [1.54, 1.807) is 0 Å². The Morgan fingerprint density at radius 1 is 1.24 bits per heavy atom. The van der Waals surface area contributed by atoms with Crippen LogP contribution in [0.2, 0.25) is 0 Å². The summed E-state index contributed by atoms with van der Waals surface area (Å²) < 4.78 is 5.89. The summed E-state index contributed by atoms with van der Waals surface area (Å²) in [6, 6.07) is 0. The largest absolute Gasteiger partial charge is 0.550 e. The van der Waals surface area contributed by atoms with Gasteiger partial charge in [0.15, 0.2) is 6.10 Å². The Labute approximate surface area is 127 Å². The topological polar surface area (TPSA) is 86.7 Å². The van der Waals surface area contributed by atoms with Crippen molar-refractivity contribution in [1.29, 1.82) is 0 Å². The molecule has 0 radical (unpaired) electrons. The van der Waals surface area contributed by atoms with E-state index < -0.39 is 12.1 Å². The summed E-state index contributed by atoms with van der Waals surface area (Å²) >= 11 is 0. The minimum atomic E-state index is -1.22. The van der Waals surface area contributed by atoms with Crippen molar-refractivity contribution in [3.05, 3.63) is 0 Å². The molecule has 6 nitrogen and oxygen atoms in total. The summed E-state index contributed by atoms with van der Waals surface area (Å²) in [5.41, 5.74) is 0. The smallest absolute Gasteiger partial charge is 0.309 e. The molecule has 0 aromatic heterocycles. The number of hydrogen-bond donors (Lipinski definition) is 1. The summed E-state index contributed by atoms with van der Waals surface area (Å²) in [6.45, 7) is 2.43. The van der Waals surface area contributed by atoms with Crippen molar-refractivity contribution in [2.75, 3.05) is 34.3 Å². The van der Waals surface area contributed by atoms with E-state index in [9.17, 15) is 14.7 Å². The van der Waals surface area contributed by atoms with Crippen LogP contribution in [0.5, 0.6) is 0 Å². The standard InChI is InChI=1S/C15H29NO5/c1-5-7-12(8-6-9-17)15(20)21-13(10-14(18)19)11-16(2,3)4/h12-13,17H,5-11H2,1-4H3. The van der Waals surface area contributed by atoms with Gasteiger partial charge in [-0.2, -0.15) is 0 Å². The Hall–Kier alpha value is -1.14. The van der Waals surface area contributed by atoms with Crippen molar-refractivity contribution in [3.63, 3.8) is 0 Å². The highest BCUT2D eigenvalue weighted by atomic mass is 16.5. The molecule has 0 saturated heterocycles. The number of likely N-dealkylation sites (N-methyl/N-ethyl adjacent to an activating group) is 1. The van der Waals surface area contributed by atoms with E-state index >= 15 is 0 Å². The van der Waals surface area contributed by atoms with Crippen molar-refractivity contribution in [2.45, 2.75) is 45.1 Å². The van der Waals surface area contributed by atoms with Crippen LogP contribution in [0.4, 0.5) is 0 Å². The van der Waals surface area contributed by atoms with Crippen LogP contribution in [0.3, 0.4) is 0 Å². The number of aliphatic hydroxyl groups is 1. The Balaban J connectivity index is 4.69. The van der Waals surface area contributed by atoms with E-state index in [4.69, 9.17) is 9.84 Å². The number of carboxylic acid groups (broad SMARTS) is 1. The molecule has 0 aromatic carbocycles. The Morgan fingerprint density at radius 3 is 2.29 bits per heavy atom. The third kappa shape index (κ3) is 10.3. The average molecular weight is 303 g/mol. The molecule has 2 atom stereocenters. The molecule has 0 rings (SSSR count). The van der Waals surface area contributed by atoms with Crippen LogP contribution in [-0.2, 0) is 14.3 Å². The number of carboxylic acids is 1. The highest BCUT2D eigenvalue weighted by Crippen LogP contribution is 2.17. The van der Waals surface area contributed by atoms with Crippen LogP contribution in [0.1, 0.15) is 39.0 Å². The van der Waals surface area contributed by atoms with Crippen molar-refractivity contribution in [2.24, 2.45) is 5.92 Å². The quantitative estimate of drug-likeness (QED) is 0.426. The molecule has 0 spiro atoms. The van der Waals surface area contributed by atoms with Gasteiger partial charge in [0.2, 0.25) is 0 Å². The van der Waals surface area contributed by atoms with Gasteiger partial charge in [0.1, 0.15) is 6.54 Å². The fourth-order valence-electron chi connectivity index (χ4n) is 2.27. The fourth-order valence-corrected chi connectivity index (χ4v) is 2.27. The zero-order valence-electron chi connectivity index (χ0n) is 13.6. The molecule has 2 unspecified atom stereocenters. The zero-order chi connectivity index (χ0) is 16.5. The number of ether oxygens (including phenoxy) is 1. The van der Waals surface area contributed by atoms with Crippen LogP contribution in [0, 0.1) is 5.92 Å². The average Bonchev–Trinajstić information content (AvgIpc) is 2.31. The number of carbonyl (C=O) groups is 2. The van der Waals surface area contributed by atoms with Gasteiger partial charge in [-0.1, -0.05) is 13.3 Å². The van der Waals surface area contributed by atoms with E-state index in [0.717, 1.165) is 6.42 Å². The Bertz CT molecular complexity index is 325. The van der Waals surface area contributed by atoms with Crippen molar-refractivity contribution < 1.29 is 29.0 Å².